The fourth-order valence-electron chi connectivity index (χ4n) is 2.72. The number of nitro groups is 1. The van der Waals surface area contributed by atoms with Gasteiger partial charge in [-0.1, -0.05) is 18.5 Å². The standard InChI is InChI=1S/C13H16ClN3O3/c1-3-9-5-4-8(2)16(9)13(18)10-6-12(14)15-7-11(10)17(19)20/h6-9H,3-5H2,1-2H3. The third kappa shape index (κ3) is 2.60. The lowest BCUT2D eigenvalue weighted by atomic mass is 10.1. The van der Waals surface area contributed by atoms with Gasteiger partial charge in [0.25, 0.3) is 11.6 Å². The van der Waals surface area contributed by atoms with E-state index in [0.29, 0.717) is 0 Å². The lowest BCUT2D eigenvalue weighted by molar-refractivity contribution is -0.385. The summed E-state index contributed by atoms with van der Waals surface area (Å²) in [6.45, 7) is 3.97. The first kappa shape index (κ1) is 14.7. The smallest absolute Gasteiger partial charge is 0.300 e. The number of likely N-dealkylation sites (tertiary alicyclic amines) is 1. The van der Waals surface area contributed by atoms with Crippen LogP contribution >= 0.6 is 11.6 Å². The van der Waals surface area contributed by atoms with E-state index in [2.05, 4.69) is 4.98 Å². The van der Waals surface area contributed by atoms with Gasteiger partial charge in [0.15, 0.2) is 0 Å². The van der Waals surface area contributed by atoms with Crippen LogP contribution in [0.5, 0.6) is 0 Å². The van der Waals surface area contributed by atoms with E-state index < -0.39 is 4.92 Å². The van der Waals surface area contributed by atoms with Crippen molar-refractivity contribution in [3.05, 3.63) is 33.1 Å². The van der Waals surface area contributed by atoms with Crippen LogP contribution in [0, 0.1) is 10.1 Å². The van der Waals surface area contributed by atoms with Crippen molar-refractivity contribution in [3.8, 4) is 0 Å². The highest BCUT2D eigenvalue weighted by atomic mass is 35.5. The molecule has 2 rings (SSSR count). The van der Waals surface area contributed by atoms with Crippen LogP contribution < -0.4 is 0 Å². The molecule has 2 unspecified atom stereocenters. The van der Waals surface area contributed by atoms with E-state index in [0.717, 1.165) is 25.5 Å². The van der Waals surface area contributed by atoms with Gasteiger partial charge in [0, 0.05) is 12.1 Å². The van der Waals surface area contributed by atoms with Crippen LogP contribution in [0.2, 0.25) is 5.15 Å². The molecule has 0 bridgehead atoms. The fourth-order valence-corrected chi connectivity index (χ4v) is 2.87. The van der Waals surface area contributed by atoms with Gasteiger partial charge in [-0.15, -0.1) is 0 Å². The second-order valence-electron chi connectivity index (χ2n) is 4.98. The molecule has 1 aliphatic heterocycles. The van der Waals surface area contributed by atoms with Gasteiger partial charge in [-0.2, -0.15) is 0 Å². The molecule has 2 atom stereocenters. The molecule has 108 valence electrons. The average molecular weight is 298 g/mol. The summed E-state index contributed by atoms with van der Waals surface area (Å²) in [7, 11) is 0. The predicted octanol–water partition coefficient (Wildman–Crippen LogP) is 3.05. The Morgan fingerprint density at radius 3 is 2.90 bits per heavy atom. The highest BCUT2D eigenvalue weighted by molar-refractivity contribution is 6.29. The van der Waals surface area contributed by atoms with Gasteiger partial charge in [0.1, 0.15) is 16.9 Å². The van der Waals surface area contributed by atoms with Crippen LogP contribution in [0.15, 0.2) is 12.3 Å². The number of pyridine rings is 1. The maximum absolute atomic E-state index is 12.6. The summed E-state index contributed by atoms with van der Waals surface area (Å²) in [5.41, 5.74) is -0.282. The molecular formula is C13H16ClN3O3. The molecular weight excluding hydrogens is 282 g/mol. The summed E-state index contributed by atoms with van der Waals surface area (Å²) in [5.74, 6) is -0.335. The monoisotopic (exact) mass is 297 g/mol. The van der Waals surface area contributed by atoms with Crippen molar-refractivity contribution in [1.29, 1.82) is 0 Å². The number of rotatable bonds is 3. The molecule has 1 aromatic heterocycles. The van der Waals surface area contributed by atoms with Gasteiger partial charge < -0.3 is 4.90 Å². The number of aromatic nitrogens is 1. The van der Waals surface area contributed by atoms with Gasteiger partial charge in [-0.3, -0.25) is 14.9 Å². The Morgan fingerprint density at radius 2 is 2.30 bits per heavy atom. The highest BCUT2D eigenvalue weighted by Gasteiger charge is 2.36. The van der Waals surface area contributed by atoms with E-state index >= 15 is 0 Å². The average Bonchev–Trinajstić information content (AvgIpc) is 2.78. The van der Waals surface area contributed by atoms with Crippen molar-refractivity contribution in [1.82, 2.24) is 9.88 Å². The number of amides is 1. The quantitative estimate of drug-likeness (QED) is 0.488. The van der Waals surface area contributed by atoms with Gasteiger partial charge in [0.05, 0.1) is 4.92 Å². The zero-order valence-electron chi connectivity index (χ0n) is 11.4. The number of hydrogen-bond acceptors (Lipinski definition) is 4. The van der Waals surface area contributed by atoms with E-state index in [4.69, 9.17) is 11.6 Å². The number of nitrogens with zero attached hydrogens (tertiary/aromatic N) is 3. The van der Waals surface area contributed by atoms with Crippen LogP contribution in [-0.4, -0.2) is 32.8 Å². The van der Waals surface area contributed by atoms with E-state index in [1.54, 1.807) is 4.90 Å². The SMILES string of the molecule is CCC1CCC(C)N1C(=O)c1cc(Cl)ncc1[N+](=O)[O-]. The molecule has 1 aromatic rings. The predicted molar refractivity (Wildman–Crippen MR) is 74.8 cm³/mol. The van der Waals surface area contributed by atoms with Crippen molar-refractivity contribution >= 4 is 23.2 Å². The molecule has 1 saturated heterocycles. The summed E-state index contributed by atoms with van der Waals surface area (Å²) in [6, 6.07) is 1.49. The summed E-state index contributed by atoms with van der Waals surface area (Å²) in [5, 5.41) is 11.1. The summed E-state index contributed by atoms with van der Waals surface area (Å²) in [4.78, 5) is 28.5. The Balaban J connectivity index is 2.42. The zero-order valence-corrected chi connectivity index (χ0v) is 12.1. The topological polar surface area (TPSA) is 76.3 Å². The second kappa shape index (κ2) is 5.75. The molecule has 0 radical (unpaired) electrons. The molecule has 0 N–H and O–H groups in total. The molecule has 1 fully saturated rings. The van der Waals surface area contributed by atoms with Crippen molar-refractivity contribution in [2.24, 2.45) is 0 Å². The molecule has 0 saturated carbocycles. The Hall–Kier alpha value is -1.69. The summed E-state index contributed by atoms with van der Waals surface area (Å²) >= 11 is 5.77. The fraction of sp³-hybridized carbons (Fsp3) is 0.538. The number of halogens is 1. The number of carbonyl (C=O) groups is 1. The maximum atomic E-state index is 12.6. The first-order chi connectivity index (χ1) is 9.45. The molecule has 2 heterocycles. The van der Waals surface area contributed by atoms with Gasteiger partial charge in [-0.05, 0) is 32.3 Å². The molecule has 7 heteroatoms. The van der Waals surface area contributed by atoms with Gasteiger partial charge in [0.2, 0.25) is 0 Å². The van der Waals surface area contributed by atoms with Crippen molar-refractivity contribution < 1.29 is 9.72 Å². The first-order valence-electron chi connectivity index (χ1n) is 6.58. The zero-order chi connectivity index (χ0) is 14.9. The Kier molecular flexibility index (Phi) is 4.23. The molecule has 0 aromatic carbocycles. The first-order valence-corrected chi connectivity index (χ1v) is 6.96. The van der Waals surface area contributed by atoms with Crippen LogP contribution in [-0.2, 0) is 0 Å². The molecule has 0 aliphatic carbocycles. The summed E-state index contributed by atoms with van der Waals surface area (Å²) < 4.78 is 0. The lowest BCUT2D eigenvalue weighted by Crippen LogP contribution is -2.40. The summed E-state index contributed by atoms with van der Waals surface area (Å²) in [6.07, 6.45) is 3.72. The van der Waals surface area contributed by atoms with Crippen LogP contribution in [0.1, 0.15) is 43.5 Å². The van der Waals surface area contributed by atoms with Crippen LogP contribution in [0.3, 0.4) is 0 Å². The molecule has 1 amide bonds. The Morgan fingerprint density at radius 1 is 1.60 bits per heavy atom. The van der Waals surface area contributed by atoms with Crippen molar-refractivity contribution in [2.75, 3.05) is 0 Å². The second-order valence-corrected chi connectivity index (χ2v) is 5.37. The van der Waals surface area contributed by atoms with E-state index in [1.165, 1.54) is 6.07 Å². The minimum absolute atomic E-state index is 0.0159. The normalized spacial score (nSPS) is 22.1. The number of hydrogen-bond donors (Lipinski definition) is 0. The minimum atomic E-state index is -0.599. The third-order valence-corrected chi connectivity index (χ3v) is 3.98. The third-order valence-electron chi connectivity index (χ3n) is 3.77. The van der Waals surface area contributed by atoms with Crippen LogP contribution in [0.4, 0.5) is 5.69 Å². The van der Waals surface area contributed by atoms with Crippen molar-refractivity contribution in [3.63, 3.8) is 0 Å². The van der Waals surface area contributed by atoms with E-state index in [-0.39, 0.29) is 34.4 Å². The molecule has 20 heavy (non-hydrogen) atoms. The van der Waals surface area contributed by atoms with Gasteiger partial charge >= 0.3 is 0 Å². The van der Waals surface area contributed by atoms with E-state index in [9.17, 15) is 14.9 Å². The molecule has 1 aliphatic rings. The van der Waals surface area contributed by atoms with E-state index in [1.807, 2.05) is 13.8 Å². The lowest BCUT2D eigenvalue weighted by Gasteiger charge is -2.27. The van der Waals surface area contributed by atoms with Gasteiger partial charge in [-0.25, -0.2) is 4.98 Å². The highest BCUT2D eigenvalue weighted by Crippen LogP contribution is 2.30. The Labute approximate surface area is 121 Å². The number of carbonyl (C=O) groups excluding carboxylic acids is 1. The van der Waals surface area contributed by atoms with Crippen LogP contribution in [0.25, 0.3) is 0 Å². The Bertz CT molecular complexity index is 550. The molecule has 6 nitrogen and oxygen atoms in total. The minimum Gasteiger partial charge on any atom is -0.333 e. The van der Waals surface area contributed by atoms with Crippen molar-refractivity contribution in [2.45, 2.75) is 45.2 Å². The molecule has 0 spiro atoms. The maximum Gasteiger partial charge on any atom is 0.300 e. The largest absolute Gasteiger partial charge is 0.333 e.